The van der Waals surface area contributed by atoms with Crippen LogP contribution in [0.4, 0.5) is 0 Å². The van der Waals surface area contributed by atoms with E-state index in [-0.39, 0.29) is 6.04 Å². The fourth-order valence-corrected chi connectivity index (χ4v) is 3.00. The molecule has 0 aliphatic heterocycles. The fraction of sp³-hybridized carbons (Fsp3) is 0.357. The number of hydrogen-bond donors (Lipinski definition) is 1. The molecular weight excluding hydrogens is 286 g/mol. The van der Waals surface area contributed by atoms with Gasteiger partial charge in [0.15, 0.2) is 5.82 Å². The van der Waals surface area contributed by atoms with Crippen LogP contribution in [-0.4, -0.2) is 26.2 Å². The third kappa shape index (κ3) is 3.20. The van der Waals surface area contributed by atoms with Crippen molar-refractivity contribution < 1.29 is 4.52 Å². The molecule has 0 saturated carbocycles. The molecule has 21 heavy (non-hydrogen) atoms. The number of imidazole rings is 1. The molecule has 1 unspecified atom stereocenters. The van der Waals surface area contributed by atoms with E-state index in [1.165, 1.54) is 4.88 Å². The van der Waals surface area contributed by atoms with Gasteiger partial charge >= 0.3 is 0 Å². The molecule has 1 N–H and O–H groups in total. The van der Waals surface area contributed by atoms with E-state index in [4.69, 9.17) is 4.52 Å². The van der Waals surface area contributed by atoms with Crippen LogP contribution in [0.1, 0.15) is 28.5 Å². The third-order valence-electron chi connectivity index (χ3n) is 3.21. The van der Waals surface area contributed by atoms with Crippen LogP contribution in [0.25, 0.3) is 0 Å². The lowest BCUT2D eigenvalue weighted by atomic mass is 10.2. The molecule has 0 fully saturated rings. The number of aryl methyl sites for hydroxylation is 2. The summed E-state index contributed by atoms with van der Waals surface area (Å²) < 4.78 is 7.02. The van der Waals surface area contributed by atoms with Crippen molar-refractivity contribution in [2.24, 2.45) is 7.05 Å². The minimum Gasteiger partial charge on any atom is -0.340 e. The molecule has 0 bridgehead atoms. The first-order valence-electron chi connectivity index (χ1n) is 6.77. The van der Waals surface area contributed by atoms with Gasteiger partial charge in [0.1, 0.15) is 11.9 Å². The second-order valence-electron chi connectivity index (χ2n) is 4.78. The van der Waals surface area contributed by atoms with E-state index in [1.807, 2.05) is 24.0 Å². The normalized spacial score (nSPS) is 12.7. The van der Waals surface area contributed by atoms with Gasteiger partial charge in [-0.15, -0.1) is 11.3 Å². The van der Waals surface area contributed by atoms with E-state index < -0.39 is 0 Å². The van der Waals surface area contributed by atoms with Crippen LogP contribution in [0.2, 0.25) is 0 Å². The molecule has 0 amide bonds. The van der Waals surface area contributed by atoms with Crippen molar-refractivity contribution in [3.05, 3.63) is 52.3 Å². The van der Waals surface area contributed by atoms with Crippen molar-refractivity contribution in [2.75, 3.05) is 6.54 Å². The van der Waals surface area contributed by atoms with E-state index in [0.29, 0.717) is 5.89 Å². The Hall–Kier alpha value is -1.99. The number of aromatic nitrogens is 4. The van der Waals surface area contributed by atoms with Gasteiger partial charge in [-0.05, 0) is 11.4 Å². The number of nitrogens with zero attached hydrogens (tertiary/aromatic N) is 4. The maximum atomic E-state index is 4.98. The van der Waals surface area contributed by atoms with E-state index in [0.717, 1.165) is 24.6 Å². The van der Waals surface area contributed by atoms with Gasteiger partial charge in [-0.3, -0.25) is 0 Å². The standard InChI is InChI=1S/C14H17N5OS/c1-10-17-12(18-20-10)5-6-15-13(11-4-3-9-21-11)14-16-7-8-19(14)2/h3-4,7-9,13,15H,5-6H2,1-2H3. The maximum Gasteiger partial charge on any atom is 0.223 e. The first-order chi connectivity index (χ1) is 10.2. The molecule has 0 aliphatic carbocycles. The lowest BCUT2D eigenvalue weighted by molar-refractivity contribution is 0.386. The Morgan fingerprint density at radius 3 is 3.00 bits per heavy atom. The van der Waals surface area contributed by atoms with Crippen LogP contribution < -0.4 is 5.32 Å². The zero-order valence-corrected chi connectivity index (χ0v) is 12.8. The van der Waals surface area contributed by atoms with Crippen LogP contribution in [0.3, 0.4) is 0 Å². The van der Waals surface area contributed by atoms with E-state index in [9.17, 15) is 0 Å². The van der Waals surface area contributed by atoms with Crippen molar-refractivity contribution in [1.82, 2.24) is 25.0 Å². The lowest BCUT2D eigenvalue weighted by Crippen LogP contribution is -2.26. The molecule has 3 aromatic heterocycles. The predicted molar refractivity (Wildman–Crippen MR) is 80.1 cm³/mol. The number of nitrogens with one attached hydrogen (secondary N) is 1. The van der Waals surface area contributed by atoms with E-state index >= 15 is 0 Å². The van der Waals surface area contributed by atoms with E-state index in [2.05, 4.69) is 38.0 Å². The number of thiophene rings is 1. The molecular formula is C14H17N5OS. The third-order valence-corrected chi connectivity index (χ3v) is 4.15. The average molecular weight is 303 g/mol. The van der Waals surface area contributed by atoms with E-state index in [1.54, 1.807) is 18.3 Å². The molecule has 1 atom stereocenters. The Labute approximate surface area is 126 Å². The molecule has 0 radical (unpaired) electrons. The zero-order valence-electron chi connectivity index (χ0n) is 12.0. The maximum absolute atomic E-state index is 4.98. The molecule has 0 aromatic carbocycles. The Bertz CT molecular complexity index is 688. The van der Waals surface area contributed by atoms with Gasteiger partial charge in [-0.1, -0.05) is 11.2 Å². The van der Waals surface area contributed by atoms with Crippen LogP contribution in [0.15, 0.2) is 34.4 Å². The minimum absolute atomic E-state index is 0.0815. The quantitative estimate of drug-likeness (QED) is 0.755. The van der Waals surface area contributed by atoms with Crippen LogP contribution in [-0.2, 0) is 13.5 Å². The highest BCUT2D eigenvalue weighted by atomic mass is 32.1. The SMILES string of the molecule is Cc1nc(CCNC(c2cccs2)c2nccn2C)no1. The second kappa shape index (κ2) is 6.19. The average Bonchev–Trinajstić information content (AvgIpc) is 3.18. The molecule has 7 heteroatoms. The highest BCUT2D eigenvalue weighted by Gasteiger charge is 2.18. The molecule has 0 saturated heterocycles. The van der Waals surface area contributed by atoms with Crippen molar-refractivity contribution in [2.45, 2.75) is 19.4 Å². The van der Waals surface area contributed by atoms with Gasteiger partial charge in [-0.25, -0.2) is 4.98 Å². The molecule has 110 valence electrons. The number of hydrogen-bond acceptors (Lipinski definition) is 6. The summed E-state index contributed by atoms with van der Waals surface area (Å²) in [5.74, 6) is 2.33. The van der Waals surface area contributed by atoms with Gasteiger partial charge < -0.3 is 14.4 Å². The van der Waals surface area contributed by atoms with Gasteiger partial charge in [0.2, 0.25) is 5.89 Å². The molecule has 0 aliphatic rings. The van der Waals surface area contributed by atoms with Crippen molar-refractivity contribution in [3.8, 4) is 0 Å². The van der Waals surface area contributed by atoms with Crippen molar-refractivity contribution in [3.63, 3.8) is 0 Å². The topological polar surface area (TPSA) is 68.8 Å². The summed E-state index contributed by atoms with van der Waals surface area (Å²) in [4.78, 5) is 9.92. The zero-order chi connectivity index (χ0) is 14.7. The Balaban J connectivity index is 1.70. The summed E-state index contributed by atoms with van der Waals surface area (Å²) in [5.41, 5.74) is 0. The molecule has 6 nitrogen and oxygen atoms in total. The first kappa shape index (κ1) is 14.0. The predicted octanol–water partition coefficient (Wildman–Crippen LogP) is 2.09. The fourth-order valence-electron chi connectivity index (χ4n) is 2.20. The van der Waals surface area contributed by atoms with Gasteiger partial charge in [-0.2, -0.15) is 4.98 Å². The van der Waals surface area contributed by atoms with Crippen LogP contribution >= 0.6 is 11.3 Å². The first-order valence-corrected chi connectivity index (χ1v) is 7.65. The monoisotopic (exact) mass is 303 g/mol. The van der Waals surface area contributed by atoms with Gasteiger partial charge in [0.25, 0.3) is 0 Å². The highest BCUT2D eigenvalue weighted by molar-refractivity contribution is 7.10. The molecule has 3 rings (SSSR count). The van der Waals surface area contributed by atoms with Crippen LogP contribution in [0, 0.1) is 6.92 Å². The number of rotatable bonds is 6. The van der Waals surface area contributed by atoms with Crippen molar-refractivity contribution in [1.29, 1.82) is 0 Å². The smallest absolute Gasteiger partial charge is 0.223 e. The Morgan fingerprint density at radius 2 is 2.38 bits per heavy atom. The summed E-state index contributed by atoms with van der Waals surface area (Å²) in [5, 5.41) is 9.52. The Kier molecular flexibility index (Phi) is 4.12. The Morgan fingerprint density at radius 1 is 1.48 bits per heavy atom. The molecule has 0 spiro atoms. The van der Waals surface area contributed by atoms with Crippen LogP contribution in [0.5, 0.6) is 0 Å². The summed E-state index contributed by atoms with van der Waals surface area (Å²) >= 11 is 1.72. The summed E-state index contributed by atoms with van der Waals surface area (Å²) in [6.45, 7) is 2.56. The summed E-state index contributed by atoms with van der Waals surface area (Å²) in [7, 11) is 2.01. The van der Waals surface area contributed by atoms with Crippen molar-refractivity contribution >= 4 is 11.3 Å². The molecule has 3 aromatic rings. The minimum atomic E-state index is 0.0815. The second-order valence-corrected chi connectivity index (χ2v) is 5.76. The summed E-state index contributed by atoms with van der Waals surface area (Å²) in [6, 6.07) is 4.26. The molecule has 3 heterocycles. The summed E-state index contributed by atoms with van der Waals surface area (Å²) in [6.07, 6.45) is 4.50. The van der Waals surface area contributed by atoms with Gasteiger partial charge in [0.05, 0.1) is 0 Å². The lowest BCUT2D eigenvalue weighted by Gasteiger charge is -2.16. The highest BCUT2D eigenvalue weighted by Crippen LogP contribution is 2.24. The largest absolute Gasteiger partial charge is 0.340 e. The van der Waals surface area contributed by atoms with Gasteiger partial charge in [0, 0.05) is 44.2 Å².